The fraction of sp³-hybridized carbons (Fsp3) is 0.370. The minimum Gasteiger partial charge on any atom is -0.355 e. The predicted molar refractivity (Wildman–Crippen MR) is 144 cm³/mol. The summed E-state index contributed by atoms with van der Waals surface area (Å²) >= 11 is 7.67. The fourth-order valence-electron chi connectivity index (χ4n) is 4.26. The van der Waals surface area contributed by atoms with Crippen LogP contribution in [-0.4, -0.2) is 40.4 Å². The zero-order valence-corrected chi connectivity index (χ0v) is 22.4. The van der Waals surface area contributed by atoms with Crippen molar-refractivity contribution in [3.63, 3.8) is 0 Å². The number of carbonyl (C=O) groups excluding carboxylic acids is 2. The molecule has 2 heterocycles. The average Bonchev–Trinajstić information content (AvgIpc) is 3.17. The average molecular weight is 529 g/mol. The maximum Gasteiger partial charge on any atom is 0.240 e. The van der Waals surface area contributed by atoms with Gasteiger partial charge in [0.25, 0.3) is 0 Å². The monoisotopic (exact) mass is 528 g/mol. The summed E-state index contributed by atoms with van der Waals surface area (Å²) in [5.41, 5.74) is 2.16. The Hall–Kier alpha value is -2.84. The molecule has 6 nitrogen and oxygen atoms in total. The lowest BCUT2D eigenvalue weighted by molar-refractivity contribution is -0.122. The van der Waals surface area contributed by atoms with Crippen molar-refractivity contribution in [1.29, 1.82) is 0 Å². The standard InChI is InChI=1S/C27H30ClFN4O2S/c1-5-13-30-21(34)15-32-22(35)16-36-24(19-11-6-7-12-20(19)29)23-25(27(2,3)4)31-33(26(23)32)18-10-8-9-17(28)14-18/h6-12,14,24H,5,13,15-16H2,1-4H3,(H,30,34)/t24-/m0/s1. The van der Waals surface area contributed by atoms with Crippen molar-refractivity contribution in [1.82, 2.24) is 15.1 Å². The molecule has 0 saturated heterocycles. The van der Waals surface area contributed by atoms with E-state index in [2.05, 4.69) is 5.32 Å². The number of anilines is 1. The van der Waals surface area contributed by atoms with Gasteiger partial charge in [0.1, 0.15) is 18.2 Å². The highest BCUT2D eigenvalue weighted by Crippen LogP contribution is 2.48. The van der Waals surface area contributed by atoms with Crippen molar-refractivity contribution >= 4 is 41.0 Å². The molecular weight excluding hydrogens is 499 g/mol. The van der Waals surface area contributed by atoms with Gasteiger partial charge >= 0.3 is 0 Å². The SMILES string of the molecule is CCCNC(=O)CN1C(=O)CS[C@@H](c2ccccc2F)c2c(C(C)(C)C)nn(-c3cccc(Cl)c3)c21. The Morgan fingerprint density at radius 2 is 1.97 bits per heavy atom. The molecule has 0 bridgehead atoms. The molecular formula is C27H30ClFN4O2S. The number of aromatic nitrogens is 2. The van der Waals surface area contributed by atoms with E-state index in [9.17, 15) is 9.59 Å². The van der Waals surface area contributed by atoms with E-state index in [0.29, 0.717) is 28.6 Å². The maximum atomic E-state index is 15.1. The topological polar surface area (TPSA) is 67.2 Å². The zero-order valence-electron chi connectivity index (χ0n) is 20.8. The van der Waals surface area contributed by atoms with Crippen LogP contribution in [0.1, 0.15) is 56.2 Å². The van der Waals surface area contributed by atoms with Crippen LogP contribution in [0.5, 0.6) is 0 Å². The molecule has 0 saturated carbocycles. The highest BCUT2D eigenvalue weighted by atomic mass is 35.5. The Kier molecular flexibility index (Phi) is 7.76. The fourth-order valence-corrected chi connectivity index (χ4v) is 5.66. The smallest absolute Gasteiger partial charge is 0.240 e. The number of hydrogen-bond acceptors (Lipinski definition) is 4. The van der Waals surface area contributed by atoms with Gasteiger partial charge in [0, 0.05) is 28.1 Å². The van der Waals surface area contributed by atoms with Crippen LogP contribution in [0, 0.1) is 5.82 Å². The molecule has 36 heavy (non-hydrogen) atoms. The van der Waals surface area contributed by atoms with E-state index >= 15 is 4.39 Å². The number of nitrogens with zero attached hydrogens (tertiary/aromatic N) is 3. The van der Waals surface area contributed by atoms with Gasteiger partial charge in [-0.2, -0.15) is 5.10 Å². The number of nitrogens with one attached hydrogen (secondary N) is 1. The molecule has 2 amide bonds. The van der Waals surface area contributed by atoms with E-state index in [-0.39, 0.29) is 29.9 Å². The largest absolute Gasteiger partial charge is 0.355 e. The van der Waals surface area contributed by atoms with E-state index in [1.807, 2.05) is 39.8 Å². The number of benzene rings is 2. The molecule has 0 radical (unpaired) electrons. The molecule has 2 aromatic carbocycles. The molecule has 1 aliphatic heterocycles. The van der Waals surface area contributed by atoms with Crippen molar-refractivity contribution in [3.8, 4) is 5.69 Å². The van der Waals surface area contributed by atoms with Crippen molar-refractivity contribution in [2.75, 3.05) is 23.7 Å². The second-order valence-electron chi connectivity index (χ2n) is 9.77. The lowest BCUT2D eigenvalue weighted by Gasteiger charge is -2.24. The molecule has 3 aromatic rings. The molecule has 0 aliphatic carbocycles. The zero-order chi connectivity index (χ0) is 26.0. The minimum atomic E-state index is -0.490. The first-order valence-corrected chi connectivity index (χ1v) is 13.4. The summed E-state index contributed by atoms with van der Waals surface area (Å²) in [5.74, 6) is -0.291. The lowest BCUT2D eigenvalue weighted by atomic mass is 9.87. The quantitative estimate of drug-likeness (QED) is 0.448. The minimum absolute atomic E-state index is 0.0911. The lowest BCUT2D eigenvalue weighted by Crippen LogP contribution is -2.42. The Balaban J connectivity index is 2.02. The molecule has 1 atom stereocenters. The van der Waals surface area contributed by atoms with Crippen molar-refractivity contribution in [3.05, 3.63) is 76.2 Å². The van der Waals surface area contributed by atoms with Gasteiger partial charge < -0.3 is 5.32 Å². The Morgan fingerprint density at radius 1 is 1.22 bits per heavy atom. The third-order valence-corrected chi connectivity index (χ3v) is 7.39. The van der Waals surface area contributed by atoms with Gasteiger partial charge in [-0.25, -0.2) is 9.07 Å². The van der Waals surface area contributed by atoms with Gasteiger partial charge in [-0.1, -0.05) is 63.6 Å². The first-order chi connectivity index (χ1) is 17.1. The number of amides is 2. The van der Waals surface area contributed by atoms with Crippen LogP contribution in [0.4, 0.5) is 10.2 Å². The highest BCUT2D eigenvalue weighted by Gasteiger charge is 2.40. The molecule has 1 aliphatic rings. The van der Waals surface area contributed by atoms with Crippen LogP contribution in [0.15, 0.2) is 48.5 Å². The molecule has 190 valence electrons. The summed E-state index contributed by atoms with van der Waals surface area (Å²) in [4.78, 5) is 27.8. The number of thioether (sulfide) groups is 1. The molecule has 1 N–H and O–H groups in total. The van der Waals surface area contributed by atoms with E-state index < -0.39 is 10.7 Å². The Morgan fingerprint density at radius 3 is 2.64 bits per heavy atom. The Labute approximate surface area is 220 Å². The van der Waals surface area contributed by atoms with Crippen LogP contribution in [0.25, 0.3) is 5.69 Å². The van der Waals surface area contributed by atoms with Gasteiger partial charge in [-0.15, -0.1) is 11.8 Å². The summed E-state index contributed by atoms with van der Waals surface area (Å²) < 4.78 is 16.8. The summed E-state index contributed by atoms with van der Waals surface area (Å²) in [7, 11) is 0. The predicted octanol–water partition coefficient (Wildman–Crippen LogP) is 5.66. The molecule has 0 spiro atoms. The highest BCUT2D eigenvalue weighted by molar-refractivity contribution is 8.00. The third-order valence-electron chi connectivity index (χ3n) is 5.91. The number of halogens is 2. The van der Waals surface area contributed by atoms with Crippen molar-refractivity contribution in [2.45, 2.75) is 44.8 Å². The summed E-state index contributed by atoms with van der Waals surface area (Å²) in [5, 5.41) is 7.86. The van der Waals surface area contributed by atoms with Crippen molar-refractivity contribution < 1.29 is 14.0 Å². The molecule has 1 aromatic heterocycles. The van der Waals surface area contributed by atoms with Crippen LogP contribution < -0.4 is 10.2 Å². The van der Waals surface area contributed by atoms with Gasteiger partial charge in [-0.3, -0.25) is 14.5 Å². The van der Waals surface area contributed by atoms with Crippen molar-refractivity contribution in [2.24, 2.45) is 0 Å². The van der Waals surface area contributed by atoms with E-state index in [4.69, 9.17) is 16.7 Å². The number of hydrogen-bond donors (Lipinski definition) is 1. The summed E-state index contributed by atoms with van der Waals surface area (Å²) in [6, 6.07) is 13.8. The Bertz CT molecular complexity index is 1290. The first kappa shape index (κ1) is 26.2. The van der Waals surface area contributed by atoms with E-state index in [1.54, 1.807) is 35.0 Å². The first-order valence-electron chi connectivity index (χ1n) is 11.9. The van der Waals surface area contributed by atoms with Crippen LogP contribution in [-0.2, 0) is 15.0 Å². The third kappa shape index (κ3) is 5.30. The van der Waals surface area contributed by atoms with Crippen LogP contribution in [0.2, 0.25) is 5.02 Å². The number of carbonyl (C=O) groups is 2. The van der Waals surface area contributed by atoms with Crippen LogP contribution >= 0.6 is 23.4 Å². The van der Waals surface area contributed by atoms with E-state index in [1.165, 1.54) is 22.7 Å². The van der Waals surface area contributed by atoms with Gasteiger partial charge in [0.2, 0.25) is 11.8 Å². The van der Waals surface area contributed by atoms with Gasteiger partial charge in [0.05, 0.1) is 22.4 Å². The summed E-state index contributed by atoms with van der Waals surface area (Å²) in [6.45, 7) is 8.42. The molecule has 9 heteroatoms. The van der Waals surface area contributed by atoms with E-state index in [0.717, 1.165) is 17.7 Å². The summed E-state index contributed by atoms with van der Waals surface area (Å²) in [6.07, 6.45) is 0.783. The normalized spacial score (nSPS) is 16.0. The molecule has 0 unspecified atom stereocenters. The van der Waals surface area contributed by atoms with Crippen LogP contribution in [0.3, 0.4) is 0 Å². The molecule has 0 fully saturated rings. The maximum absolute atomic E-state index is 15.1. The second kappa shape index (κ2) is 10.6. The van der Waals surface area contributed by atoms with Gasteiger partial charge in [-0.05, 0) is 30.7 Å². The second-order valence-corrected chi connectivity index (χ2v) is 11.3. The number of fused-ring (bicyclic) bond motifs is 1. The number of rotatable bonds is 6. The molecule has 4 rings (SSSR count). The van der Waals surface area contributed by atoms with Gasteiger partial charge in [0.15, 0.2) is 0 Å².